The summed E-state index contributed by atoms with van der Waals surface area (Å²) in [4.78, 5) is 23.8. The highest BCUT2D eigenvalue weighted by molar-refractivity contribution is 5.88. The number of hydrogen-bond acceptors (Lipinski definition) is 3. The molecule has 1 amide bonds. The quantitative estimate of drug-likeness (QED) is 0.820. The first-order valence-corrected chi connectivity index (χ1v) is 7.72. The van der Waals surface area contributed by atoms with Crippen molar-refractivity contribution in [2.45, 2.75) is 25.3 Å². The largest absolute Gasteiger partial charge is 0.497 e. The minimum Gasteiger partial charge on any atom is -0.497 e. The van der Waals surface area contributed by atoms with Gasteiger partial charge in [-0.3, -0.25) is 4.79 Å². The summed E-state index contributed by atoms with van der Waals surface area (Å²) in [6.07, 6.45) is 0.247. The fourth-order valence-corrected chi connectivity index (χ4v) is 2.39. The van der Waals surface area contributed by atoms with Crippen LogP contribution >= 0.6 is 0 Å². The first-order chi connectivity index (χ1) is 11.5. The molecule has 0 fully saturated rings. The van der Waals surface area contributed by atoms with Gasteiger partial charge >= 0.3 is 5.97 Å². The molecule has 0 spiro atoms. The van der Waals surface area contributed by atoms with Gasteiger partial charge in [0.1, 0.15) is 11.8 Å². The highest BCUT2D eigenvalue weighted by Gasteiger charge is 2.24. The molecule has 24 heavy (non-hydrogen) atoms. The van der Waals surface area contributed by atoms with Crippen LogP contribution in [0.1, 0.15) is 24.0 Å². The van der Waals surface area contributed by atoms with Gasteiger partial charge in [-0.25, -0.2) is 4.79 Å². The summed E-state index contributed by atoms with van der Waals surface area (Å²) in [5, 5.41) is 12.0. The number of carbonyl (C=O) groups is 2. The molecule has 0 aromatic heterocycles. The molecule has 0 saturated carbocycles. The smallest absolute Gasteiger partial charge is 0.326 e. The van der Waals surface area contributed by atoms with Gasteiger partial charge in [0.05, 0.1) is 13.0 Å². The molecule has 2 aromatic carbocycles. The van der Waals surface area contributed by atoms with Crippen molar-refractivity contribution in [3.63, 3.8) is 0 Å². The maximum absolute atomic E-state index is 12.4. The molecule has 2 rings (SSSR count). The second kappa shape index (κ2) is 8.15. The Labute approximate surface area is 141 Å². The van der Waals surface area contributed by atoms with Crippen LogP contribution in [0.25, 0.3) is 0 Å². The monoisotopic (exact) mass is 327 g/mol. The van der Waals surface area contributed by atoms with Crippen LogP contribution in [0.5, 0.6) is 5.75 Å². The van der Waals surface area contributed by atoms with E-state index in [1.165, 1.54) is 0 Å². The van der Waals surface area contributed by atoms with E-state index in [1.807, 2.05) is 30.3 Å². The summed E-state index contributed by atoms with van der Waals surface area (Å²) in [5.74, 6) is -1.11. The molecule has 0 aliphatic heterocycles. The van der Waals surface area contributed by atoms with Crippen LogP contribution in [0.2, 0.25) is 0 Å². The van der Waals surface area contributed by atoms with Gasteiger partial charge in [0.2, 0.25) is 5.91 Å². The Morgan fingerprint density at radius 3 is 2.25 bits per heavy atom. The zero-order valence-corrected chi connectivity index (χ0v) is 13.7. The van der Waals surface area contributed by atoms with Crippen LogP contribution in [-0.4, -0.2) is 30.1 Å². The molecule has 0 aliphatic carbocycles. The average molecular weight is 327 g/mol. The van der Waals surface area contributed by atoms with Crippen LogP contribution in [-0.2, 0) is 16.0 Å². The van der Waals surface area contributed by atoms with Crippen molar-refractivity contribution in [2.75, 3.05) is 7.11 Å². The third-order valence-corrected chi connectivity index (χ3v) is 3.91. The third-order valence-electron chi connectivity index (χ3n) is 3.91. The number of benzene rings is 2. The molecule has 2 aromatic rings. The normalized spacial score (nSPS) is 12.9. The maximum Gasteiger partial charge on any atom is 0.326 e. The molecule has 2 N–H and O–H groups in total. The lowest BCUT2D eigenvalue weighted by Crippen LogP contribution is -2.44. The third kappa shape index (κ3) is 4.59. The Morgan fingerprint density at radius 2 is 1.71 bits per heavy atom. The van der Waals surface area contributed by atoms with Gasteiger partial charge < -0.3 is 15.2 Å². The standard InChI is InChI=1S/C19H21NO4/c1-13(15-8-10-16(24-2)11-9-15)18(21)20-17(19(22)23)12-14-6-4-3-5-7-14/h3-11,13,17H,12H2,1-2H3,(H,20,21)(H,22,23)/t13?,17-/m0/s1. The summed E-state index contributed by atoms with van der Waals surface area (Å²) in [7, 11) is 1.58. The number of rotatable bonds is 7. The fraction of sp³-hybridized carbons (Fsp3) is 0.263. The average Bonchev–Trinajstić information content (AvgIpc) is 2.61. The van der Waals surface area contributed by atoms with E-state index in [4.69, 9.17) is 4.74 Å². The van der Waals surface area contributed by atoms with Crippen molar-refractivity contribution in [3.05, 3.63) is 65.7 Å². The van der Waals surface area contributed by atoms with Crippen LogP contribution in [0.4, 0.5) is 0 Å². The van der Waals surface area contributed by atoms with E-state index < -0.39 is 17.9 Å². The number of nitrogens with one attached hydrogen (secondary N) is 1. The number of aliphatic carboxylic acids is 1. The fourth-order valence-electron chi connectivity index (χ4n) is 2.39. The predicted octanol–water partition coefficient (Wildman–Crippen LogP) is 2.61. The Balaban J connectivity index is 2.04. The van der Waals surface area contributed by atoms with Gasteiger partial charge in [-0.15, -0.1) is 0 Å². The van der Waals surface area contributed by atoms with Gasteiger partial charge in [-0.1, -0.05) is 42.5 Å². The minimum absolute atomic E-state index is 0.247. The first-order valence-electron chi connectivity index (χ1n) is 7.72. The Kier molecular flexibility index (Phi) is 5.95. The van der Waals surface area contributed by atoms with Crippen molar-refractivity contribution in [1.82, 2.24) is 5.32 Å². The van der Waals surface area contributed by atoms with Crippen LogP contribution in [0.3, 0.4) is 0 Å². The SMILES string of the molecule is COc1ccc(C(C)C(=O)N[C@@H](Cc2ccccc2)C(=O)O)cc1. The molecule has 2 atom stereocenters. The molecule has 5 heteroatoms. The summed E-state index contributed by atoms with van der Waals surface area (Å²) < 4.78 is 5.09. The second-order valence-corrected chi connectivity index (χ2v) is 5.58. The summed E-state index contributed by atoms with van der Waals surface area (Å²) >= 11 is 0. The molecular formula is C19H21NO4. The lowest BCUT2D eigenvalue weighted by Gasteiger charge is -2.18. The summed E-state index contributed by atoms with van der Waals surface area (Å²) in [6, 6.07) is 15.4. The maximum atomic E-state index is 12.4. The lowest BCUT2D eigenvalue weighted by molar-refractivity contribution is -0.141. The van der Waals surface area contributed by atoms with Crippen molar-refractivity contribution in [2.24, 2.45) is 0 Å². The van der Waals surface area contributed by atoms with Crippen molar-refractivity contribution in [1.29, 1.82) is 0 Å². The molecule has 5 nitrogen and oxygen atoms in total. The lowest BCUT2D eigenvalue weighted by atomic mass is 9.99. The predicted molar refractivity (Wildman–Crippen MR) is 91.1 cm³/mol. The highest BCUT2D eigenvalue weighted by Crippen LogP contribution is 2.19. The Hall–Kier alpha value is -2.82. The summed E-state index contributed by atoms with van der Waals surface area (Å²) in [5.41, 5.74) is 1.67. The number of carbonyl (C=O) groups excluding carboxylic acids is 1. The molecule has 1 unspecified atom stereocenters. The molecule has 126 valence electrons. The van der Waals surface area contributed by atoms with E-state index >= 15 is 0 Å². The van der Waals surface area contributed by atoms with Crippen molar-refractivity contribution >= 4 is 11.9 Å². The van der Waals surface area contributed by atoms with Crippen LogP contribution in [0.15, 0.2) is 54.6 Å². The topological polar surface area (TPSA) is 75.6 Å². The second-order valence-electron chi connectivity index (χ2n) is 5.58. The first kappa shape index (κ1) is 17.5. The van der Waals surface area contributed by atoms with Gasteiger partial charge in [0.15, 0.2) is 0 Å². The van der Waals surface area contributed by atoms with Gasteiger partial charge in [-0.05, 0) is 30.2 Å². The number of hydrogen-bond donors (Lipinski definition) is 2. The highest BCUT2D eigenvalue weighted by atomic mass is 16.5. The van der Waals surface area contributed by atoms with Gasteiger partial charge in [0, 0.05) is 6.42 Å². The van der Waals surface area contributed by atoms with E-state index in [-0.39, 0.29) is 12.3 Å². The van der Waals surface area contributed by atoms with E-state index in [1.54, 1.807) is 38.3 Å². The van der Waals surface area contributed by atoms with Crippen molar-refractivity contribution in [3.8, 4) is 5.75 Å². The minimum atomic E-state index is -1.05. The number of amides is 1. The Morgan fingerprint density at radius 1 is 1.08 bits per heavy atom. The van der Waals surface area contributed by atoms with Gasteiger partial charge in [-0.2, -0.15) is 0 Å². The molecule has 0 saturated heterocycles. The molecule has 0 aliphatic rings. The Bertz CT molecular complexity index is 682. The van der Waals surface area contributed by atoms with E-state index in [0.29, 0.717) is 5.75 Å². The van der Waals surface area contributed by atoms with Crippen LogP contribution in [0, 0.1) is 0 Å². The molecule has 0 bridgehead atoms. The zero-order valence-electron chi connectivity index (χ0n) is 13.7. The van der Waals surface area contributed by atoms with Crippen LogP contribution < -0.4 is 10.1 Å². The molecule has 0 heterocycles. The summed E-state index contributed by atoms with van der Waals surface area (Å²) in [6.45, 7) is 1.75. The number of methoxy groups -OCH3 is 1. The van der Waals surface area contributed by atoms with E-state index in [9.17, 15) is 14.7 Å². The number of carboxylic acids is 1. The van der Waals surface area contributed by atoms with E-state index in [2.05, 4.69) is 5.32 Å². The number of carboxylic acid groups (broad SMARTS) is 1. The van der Waals surface area contributed by atoms with E-state index in [0.717, 1.165) is 11.1 Å². The zero-order chi connectivity index (χ0) is 17.5. The molecular weight excluding hydrogens is 306 g/mol. The number of ether oxygens (including phenoxy) is 1. The van der Waals surface area contributed by atoms with Crippen molar-refractivity contribution < 1.29 is 19.4 Å². The molecule has 0 radical (unpaired) electrons. The van der Waals surface area contributed by atoms with Gasteiger partial charge in [0.25, 0.3) is 0 Å².